The van der Waals surface area contributed by atoms with Crippen molar-refractivity contribution in [3.8, 4) is 11.5 Å². The monoisotopic (exact) mass is 422 g/mol. The molecule has 4 rings (SSSR count). The van der Waals surface area contributed by atoms with E-state index in [1.54, 1.807) is 13.4 Å². The molecule has 1 aromatic carbocycles. The number of imidazole rings is 1. The van der Waals surface area contributed by atoms with E-state index < -0.39 is 0 Å². The molecule has 0 aliphatic heterocycles. The zero-order chi connectivity index (χ0) is 21.8. The third-order valence-corrected chi connectivity index (χ3v) is 4.96. The van der Waals surface area contributed by atoms with Crippen LogP contribution in [0.3, 0.4) is 0 Å². The minimum atomic E-state index is 0.290. The SMILES string of the molecule is CCNc1nc[n+](Cc2ccc(OC)c(OCc3ccco3)c2)c2nc(C(C)C)[nH]c12. The van der Waals surface area contributed by atoms with Crippen LogP contribution in [0.15, 0.2) is 47.3 Å². The van der Waals surface area contributed by atoms with Crippen LogP contribution in [-0.4, -0.2) is 28.6 Å². The van der Waals surface area contributed by atoms with Crippen molar-refractivity contribution in [3.63, 3.8) is 0 Å². The molecule has 4 aromatic rings. The Balaban J connectivity index is 1.65. The maximum atomic E-state index is 5.95. The van der Waals surface area contributed by atoms with E-state index in [1.807, 2.05) is 41.2 Å². The lowest BCUT2D eigenvalue weighted by Gasteiger charge is -2.11. The maximum absolute atomic E-state index is 5.95. The Kier molecular flexibility index (Phi) is 6.06. The second-order valence-corrected chi connectivity index (χ2v) is 7.58. The van der Waals surface area contributed by atoms with Crippen molar-refractivity contribution in [2.75, 3.05) is 19.0 Å². The van der Waals surface area contributed by atoms with Crippen LogP contribution in [0.5, 0.6) is 11.5 Å². The average Bonchev–Trinajstić information content (AvgIpc) is 3.44. The molecule has 162 valence electrons. The number of benzene rings is 1. The summed E-state index contributed by atoms with van der Waals surface area (Å²) in [6, 6.07) is 9.63. The molecule has 0 atom stereocenters. The minimum absolute atomic E-state index is 0.290. The van der Waals surface area contributed by atoms with Gasteiger partial charge in [-0.15, -0.1) is 0 Å². The van der Waals surface area contributed by atoms with Crippen molar-refractivity contribution in [3.05, 3.63) is 60.1 Å². The highest BCUT2D eigenvalue weighted by molar-refractivity contribution is 5.80. The van der Waals surface area contributed by atoms with Crippen LogP contribution < -0.4 is 19.4 Å². The van der Waals surface area contributed by atoms with Crippen LogP contribution in [0.1, 0.15) is 43.8 Å². The number of aromatic nitrogens is 4. The molecule has 0 fully saturated rings. The van der Waals surface area contributed by atoms with Gasteiger partial charge >= 0.3 is 0 Å². The fraction of sp³-hybridized carbons (Fsp3) is 0.348. The highest BCUT2D eigenvalue weighted by atomic mass is 16.5. The molecular formula is C23H28N5O3+. The Hall–Kier alpha value is -3.55. The number of ether oxygens (including phenoxy) is 2. The number of aromatic amines is 1. The van der Waals surface area contributed by atoms with Gasteiger partial charge in [-0.25, -0.2) is 4.57 Å². The van der Waals surface area contributed by atoms with Gasteiger partial charge in [0, 0.05) is 12.5 Å². The molecule has 3 heterocycles. The summed E-state index contributed by atoms with van der Waals surface area (Å²) in [5.41, 5.74) is 2.83. The number of hydrogen-bond donors (Lipinski definition) is 2. The van der Waals surface area contributed by atoms with Crippen LogP contribution in [0.25, 0.3) is 11.2 Å². The largest absolute Gasteiger partial charge is 0.493 e. The van der Waals surface area contributed by atoms with Gasteiger partial charge in [-0.05, 0) is 36.8 Å². The van der Waals surface area contributed by atoms with Crippen molar-refractivity contribution in [2.45, 2.75) is 39.8 Å². The molecule has 0 saturated heterocycles. The zero-order valence-corrected chi connectivity index (χ0v) is 18.3. The predicted octanol–water partition coefficient (Wildman–Crippen LogP) is 4.03. The van der Waals surface area contributed by atoms with E-state index in [9.17, 15) is 0 Å². The Morgan fingerprint density at radius 1 is 1.23 bits per heavy atom. The zero-order valence-electron chi connectivity index (χ0n) is 18.3. The molecule has 0 amide bonds. The van der Waals surface area contributed by atoms with Gasteiger partial charge in [0.1, 0.15) is 12.4 Å². The van der Waals surface area contributed by atoms with E-state index in [-0.39, 0.29) is 5.92 Å². The van der Waals surface area contributed by atoms with Crippen LogP contribution >= 0.6 is 0 Å². The van der Waals surface area contributed by atoms with E-state index in [1.165, 1.54) is 0 Å². The smallest absolute Gasteiger partial charge is 0.294 e. The molecule has 8 nitrogen and oxygen atoms in total. The van der Waals surface area contributed by atoms with Crippen molar-refractivity contribution in [2.24, 2.45) is 0 Å². The van der Waals surface area contributed by atoms with Crippen LogP contribution in [0.4, 0.5) is 5.82 Å². The van der Waals surface area contributed by atoms with Gasteiger partial charge < -0.3 is 24.2 Å². The molecule has 0 bridgehead atoms. The van der Waals surface area contributed by atoms with Crippen molar-refractivity contribution >= 4 is 17.0 Å². The summed E-state index contributed by atoms with van der Waals surface area (Å²) >= 11 is 0. The number of methoxy groups -OCH3 is 1. The number of nitrogens with one attached hydrogen (secondary N) is 2. The Bertz CT molecular complexity index is 1150. The Morgan fingerprint density at radius 3 is 2.81 bits per heavy atom. The van der Waals surface area contributed by atoms with E-state index >= 15 is 0 Å². The first-order valence-electron chi connectivity index (χ1n) is 10.4. The molecule has 3 aromatic heterocycles. The summed E-state index contributed by atoms with van der Waals surface area (Å²) in [4.78, 5) is 12.9. The highest BCUT2D eigenvalue weighted by Crippen LogP contribution is 2.29. The summed E-state index contributed by atoms with van der Waals surface area (Å²) < 4.78 is 18.8. The first-order valence-corrected chi connectivity index (χ1v) is 10.4. The van der Waals surface area contributed by atoms with Gasteiger partial charge in [0.2, 0.25) is 12.1 Å². The molecule has 31 heavy (non-hydrogen) atoms. The van der Waals surface area contributed by atoms with Crippen LogP contribution in [-0.2, 0) is 13.2 Å². The number of nitrogens with zero attached hydrogens (tertiary/aromatic N) is 3. The van der Waals surface area contributed by atoms with E-state index in [4.69, 9.17) is 18.9 Å². The van der Waals surface area contributed by atoms with Crippen molar-refractivity contribution < 1.29 is 18.5 Å². The molecule has 8 heteroatoms. The van der Waals surface area contributed by atoms with E-state index in [0.29, 0.717) is 24.7 Å². The van der Waals surface area contributed by atoms with Gasteiger partial charge in [0.05, 0.1) is 19.9 Å². The highest BCUT2D eigenvalue weighted by Gasteiger charge is 2.21. The van der Waals surface area contributed by atoms with Crippen LogP contribution in [0.2, 0.25) is 0 Å². The van der Waals surface area contributed by atoms with Crippen LogP contribution in [0, 0.1) is 0 Å². The van der Waals surface area contributed by atoms with E-state index in [0.717, 1.165) is 40.7 Å². The number of furan rings is 1. The second kappa shape index (κ2) is 9.07. The molecule has 0 unspecified atom stereocenters. The average molecular weight is 423 g/mol. The summed E-state index contributed by atoms with van der Waals surface area (Å²) in [5, 5.41) is 3.31. The number of H-pyrrole nitrogens is 1. The number of fused-ring (bicyclic) bond motifs is 1. The summed E-state index contributed by atoms with van der Waals surface area (Å²) in [5.74, 6) is 4.13. The Labute approximate surface area is 181 Å². The third kappa shape index (κ3) is 4.47. The van der Waals surface area contributed by atoms with Crippen molar-refractivity contribution in [1.82, 2.24) is 15.0 Å². The lowest BCUT2D eigenvalue weighted by Crippen LogP contribution is -2.36. The van der Waals surface area contributed by atoms with Gasteiger partial charge in [-0.2, -0.15) is 0 Å². The maximum Gasteiger partial charge on any atom is 0.294 e. The van der Waals surface area contributed by atoms with Gasteiger partial charge in [-0.3, -0.25) is 0 Å². The lowest BCUT2D eigenvalue weighted by atomic mass is 10.2. The topological polar surface area (TPSA) is 89.1 Å². The summed E-state index contributed by atoms with van der Waals surface area (Å²) in [6.45, 7) is 8.01. The predicted molar refractivity (Wildman–Crippen MR) is 117 cm³/mol. The van der Waals surface area contributed by atoms with Gasteiger partial charge in [0.15, 0.2) is 22.8 Å². The first-order chi connectivity index (χ1) is 15.1. The molecule has 0 radical (unpaired) electrons. The third-order valence-electron chi connectivity index (χ3n) is 4.96. The molecule has 0 aliphatic carbocycles. The van der Waals surface area contributed by atoms with E-state index in [2.05, 4.69) is 36.1 Å². The standard InChI is InChI=1S/C23H27N5O3/c1-5-24-22-20-23(27-21(26-20)15(2)3)28(14-25-22)12-16-8-9-18(29-4)19(11-16)31-13-17-7-6-10-30-17/h6-11,14-15H,5,12-13H2,1-4H3,(H,24,26,27)/p+1. The number of rotatable bonds is 9. The fourth-order valence-electron chi connectivity index (χ4n) is 3.36. The van der Waals surface area contributed by atoms with Gasteiger partial charge in [-0.1, -0.05) is 29.9 Å². The fourth-order valence-corrected chi connectivity index (χ4v) is 3.36. The lowest BCUT2D eigenvalue weighted by molar-refractivity contribution is -0.667. The summed E-state index contributed by atoms with van der Waals surface area (Å²) in [7, 11) is 1.63. The molecule has 2 N–H and O–H groups in total. The molecule has 0 spiro atoms. The molecule has 0 saturated carbocycles. The number of anilines is 1. The Morgan fingerprint density at radius 2 is 2.10 bits per heavy atom. The minimum Gasteiger partial charge on any atom is -0.493 e. The van der Waals surface area contributed by atoms with Gasteiger partial charge in [0.25, 0.3) is 5.65 Å². The first kappa shape index (κ1) is 20.7. The quantitative estimate of drug-likeness (QED) is 0.396. The second-order valence-electron chi connectivity index (χ2n) is 7.58. The normalized spacial score (nSPS) is 11.3. The number of hydrogen-bond acceptors (Lipinski definition) is 6. The summed E-state index contributed by atoms with van der Waals surface area (Å²) in [6.07, 6.45) is 3.45. The molecular weight excluding hydrogens is 394 g/mol. The van der Waals surface area contributed by atoms with Crippen molar-refractivity contribution in [1.29, 1.82) is 0 Å². The molecule has 0 aliphatic rings.